The van der Waals surface area contributed by atoms with Crippen LogP contribution in [0.15, 0.2) is 24.5 Å². The number of nitrogens with one attached hydrogen (secondary N) is 1. The number of hydrogen-bond donors (Lipinski definition) is 2. The third kappa shape index (κ3) is 3.09. The van der Waals surface area contributed by atoms with Gasteiger partial charge in [0, 0.05) is 24.5 Å². The Labute approximate surface area is 85.2 Å². The van der Waals surface area contributed by atoms with Crippen molar-refractivity contribution in [2.24, 2.45) is 0 Å². The molecule has 1 rings (SSSR count). The molecule has 0 aliphatic heterocycles. The molecule has 1 aromatic heterocycles. The monoisotopic (exact) mass is 194 g/mol. The quantitative estimate of drug-likeness (QED) is 0.746. The van der Waals surface area contributed by atoms with Crippen molar-refractivity contribution >= 4 is 0 Å². The first-order valence-electron chi connectivity index (χ1n) is 5.04. The Kier molecular flexibility index (Phi) is 4.56. The van der Waals surface area contributed by atoms with Crippen LogP contribution in [0.1, 0.15) is 31.9 Å². The van der Waals surface area contributed by atoms with Gasteiger partial charge in [-0.3, -0.25) is 4.98 Å². The zero-order chi connectivity index (χ0) is 10.4. The maximum Gasteiger partial charge on any atom is 0.0584 e. The first kappa shape index (κ1) is 11.1. The summed E-state index contributed by atoms with van der Waals surface area (Å²) in [6.45, 7) is 4.32. The lowest BCUT2D eigenvalue weighted by Crippen LogP contribution is -2.33. The van der Waals surface area contributed by atoms with Gasteiger partial charge in [-0.25, -0.2) is 0 Å². The highest BCUT2D eigenvalue weighted by molar-refractivity contribution is 5.12. The van der Waals surface area contributed by atoms with Gasteiger partial charge in [-0.1, -0.05) is 13.0 Å². The predicted octanol–water partition coefficient (Wildman–Crippen LogP) is 1.50. The van der Waals surface area contributed by atoms with Crippen LogP contribution in [-0.2, 0) is 0 Å². The minimum Gasteiger partial charge on any atom is -0.395 e. The van der Waals surface area contributed by atoms with E-state index in [0.29, 0.717) is 0 Å². The van der Waals surface area contributed by atoms with Gasteiger partial charge >= 0.3 is 0 Å². The highest BCUT2D eigenvalue weighted by Crippen LogP contribution is 2.11. The molecule has 3 heteroatoms. The summed E-state index contributed by atoms with van der Waals surface area (Å²) in [4.78, 5) is 4.06. The highest BCUT2D eigenvalue weighted by Gasteiger charge is 2.10. The molecule has 78 valence electrons. The standard InChI is InChI=1S/C11H18N2O/c1-3-11(8-14)13-9(2)10-5-4-6-12-7-10/h4-7,9,11,13-14H,3,8H2,1-2H3/t9-,11-/m1/s1. The van der Waals surface area contributed by atoms with Gasteiger partial charge < -0.3 is 10.4 Å². The molecule has 1 heterocycles. The molecule has 0 bridgehead atoms. The maximum atomic E-state index is 9.04. The fourth-order valence-electron chi connectivity index (χ4n) is 1.38. The molecule has 0 saturated heterocycles. The van der Waals surface area contributed by atoms with Crippen LogP contribution in [0.2, 0.25) is 0 Å². The number of hydrogen-bond acceptors (Lipinski definition) is 3. The predicted molar refractivity (Wildman–Crippen MR) is 57.0 cm³/mol. The van der Waals surface area contributed by atoms with E-state index in [9.17, 15) is 0 Å². The Hall–Kier alpha value is -0.930. The van der Waals surface area contributed by atoms with Crippen LogP contribution < -0.4 is 5.32 Å². The molecule has 3 nitrogen and oxygen atoms in total. The first-order valence-corrected chi connectivity index (χ1v) is 5.04. The number of pyridine rings is 1. The second kappa shape index (κ2) is 5.73. The van der Waals surface area contributed by atoms with Gasteiger partial charge in [0.05, 0.1) is 6.61 Å². The number of nitrogens with zero attached hydrogens (tertiary/aromatic N) is 1. The van der Waals surface area contributed by atoms with Gasteiger partial charge in [0.2, 0.25) is 0 Å². The van der Waals surface area contributed by atoms with Crippen molar-refractivity contribution in [2.45, 2.75) is 32.4 Å². The van der Waals surface area contributed by atoms with Gasteiger partial charge in [-0.05, 0) is 25.0 Å². The first-order chi connectivity index (χ1) is 6.77. The Morgan fingerprint density at radius 2 is 2.36 bits per heavy atom. The fourth-order valence-corrected chi connectivity index (χ4v) is 1.38. The third-order valence-electron chi connectivity index (χ3n) is 2.38. The van der Waals surface area contributed by atoms with E-state index in [4.69, 9.17) is 5.11 Å². The van der Waals surface area contributed by atoms with Crippen molar-refractivity contribution in [1.82, 2.24) is 10.3 Å². The number of aromatic nitrogens is 1. The second-order valence-corrected chi connectivity index (χ2v) is 3.46. The summed E-state index contributed by atoms with van der Waals surface area (Å²) in [7, 11) is 0. The summed E-state index contributed by atoms with van der Waals surface area (Å²) in [5.41, 5.74) is 1.15. The van der Waals surface area contributed by atoms with Gasteiger partial charge in [-0.15, -0.1) is 0 Å². The van der Waals surface area contributed by atoms with Crippen molar-refractivity contribution in [2.75, 3.05) is 6.61 Å². The molecule has 14 heavy (non-hydrogen) atoms. The van der Waals surface area contributed by atoms with E-state index in [-0.39, 0.29) is 18.7 Å². The maximum absolute atomic E-state index is 9.04. The van der Waals surface area contributed by atoms with Crippen LogP contribution in [0.5, 0.6) is 0 Å². The van der Waals surface area contributed by atoms with Crippen molar-refractivity contribution < 1.29 is 5.11 Å². The van der Waals surface area contributed by atoms with Crippen LogP contribution >= 0.6 is 0 Å². The summed E-state index contributed by atoms with van der Waals surface area (Å²) in [5, 5.41) is 12.4. The molecule has 2 atom stereocenters. The minimum atomic E-state index is 0.171. The fraction of sp³-hybridized carbons (Fsp3) is 0.545. The van der Waals surface area contributed by atoms with Crippen LogP contribution in [0, 0.1) is 0 Å². The van der Waals surface area contributed by atoms with Crippen molar-refractivity contribution in [1.29, 1.82) is 0 Å². The van der Waals surface area contributed by atoms with E-state index in [2.05, 4.69) is 24.1 Å². The van der Waals surface area contributed by atoms with Crippen LogP contribution in [-0.4, -0.2) is 22.7 Å². The van der Waals surface area contributed by atoms with Gasteiger partial charge in [0.25, 0.3) is 0 Å². The average molecular weight is 194 g/mol. The smallest absolute Gasteiger partial charge is 0.0584 e. The summed E-state index contributed by atoms with van der Waals surface area (Å²) in [5.74, 6) is 0. The molecular formula is C11H18N2O. The van der Waals surface area contributed by atoms with Crippen LogP contribution in [0.3, 0.4) is 0 Å². The molecule has 0 radical (unpaired) electrons. The average Bonchev–Trinajstić information content (AvgIpc) is 2.26. The zero-order valence-corrected chi connectivity index (χ0v) is 8.77. The largest absolute Gasteiger partial charge is 0.395 e. The highest BCUT2D eigenvalue weighted by atomic mass is 16.3. The molecule has 0 unspecified atom stereocenters. The van der Waals surface area contributed by atoms with Crippen molar-refractivity contribution in [3.63, 3.8) is 0 Å². The van der Waals surface area contributed by atoms with E-state index in [1.54, 1.807) is 6.20 Å². The van der Waals surface area contributed by atoms with Crippen LogP contribution in [0.25, 0.3) is 0 Å². The van der Waals surface area contributed by atoms with E-state index in [0.717, 1.165) is 12.0 Å². The molecule has 0 fully saturated rings. The van der Waals surface area contributed by atoms with E-state index in [1.807, 2.05) is 18.3 Å². The number of rotatable bonds is 5. The lowest BCUT2D eigenvalue weighted by atomic mass is 10.1. The number of aliphatic hydroxyl groups excluding tert-OH is 1. The molecule has 0 aromatic carbocycles. The van der Waals surface area contributed by atoms with E-state index < -0.39 is 0 Å². The zero-order valence-electron chi connectivity index (χ0n) is 8.77. The summed E-state index contributed by atoms with van der Waals surface area (Å²) >= 11 is 0. The molecule has 0 aliphatic rings. The summed E-state index contributed by atoms with van der Waals surface area (Å²) in [6.07, 6.45) is 4.54. The molecule has 0 saturated carbocycles. The Morgan fingerprint density at radius 1 is 1.57 bits per heavy atom. The van der Waals surface area contributed by atoms with Gasteiger partial charge in [0.15, 0.2) is 0 Å². The van der Waals surface area contributed by atoms with Crippen molar-refractivity contribution in [3.05, 3.63) is 30.1 Å². The SMILES string of the molecule is CC[C@H](CO)N[C@H](C)c1cccnc1. The molecule has 0 aliphatic carbocycles. The Balaban J connectivity index is 2.54. The van der Waals surface area contributed by atoms with Crippen LogP contribution in [0.4, 0.5) is 0 Å². The van der Waals surface area contributed by atoms with E-state index >= 15 is 0 Å². The lowest BCUT2D eigenvalue weighted by molar-refractivity contribution is 0.230. The lowest BCUT2D eigenvalue weighted by Gasteiger charge is -2.20. The number of aliphatic hydroxyl groups is 1. The minimum absolute atomic E-state index is 0.171. The molecular weight excluding hydrogens is 176 g/mol. The third-order valence-corrected chi connectivity index (χ3v) is 2.38. The van der Waals surface area contributed by atoms with Crippen molar-refractivity contribution in [3.8, 4) is 0 Å². The molecule has 2 N–H and O–H groups in total. The summed E-state index contributed by atoms with van der Waals surface area (Å²) < 4.78 is 0. The molecule has 0 spiro atoms. The Bertz CT molecular complexity index is 247. The topological polar surface area (TPSA) is 45.1 Å². The Morgan fingerprint density at radius 3 is 2.86 bits per heavy atom. The van der Waals surface area contributed by atoms with Gasteiger partial charge in [0.1, 0.15) is 0 Å². The summed E-state index contributed by atoms with van der Waals surface area (Å²) in [6, 6.07) is 4.37. The molecule has 0 amide bonds. The van der Waals surface area contributed by atoms with E-state index in [1.165, 1.54) is 0 Å². The molecule has 1 aromatic rings. The normalized spacial score (nSPS) is 15.1. The second-order valence-electron chi connectivity index (χ2n) is 3.46. The van der Waals surface area contributed by atoms with Gasteiger partial charge in [-0.2, -0.15) is 0 Å².